The molecule has 0 N–H and O–H groups in total. The van der Waals surface area contributed by atoms with Gasteiger partial charge in [0.25, 0.3) is 0 Å². The Hall–Kier alpha value is -2.33. The molecule has 2 rings (SSSR count). The van der Waals surface area contributed by atoms with Gasteiger partial charge >= 0.3 is 0 Å². The molecule has 4 nitrogen and oxygen atoms in total. The first-order valence-corrected chi connectivity index (χ1v) is 7.55. The summed E-state index contributed by atoms with van der Waals surface area (Å²) < 4.78 is 11.0. The van der Waals surface area contributed by atoms with Crippen molar-refractivity contribution in [3.63, 3.8) is 0 Å². The first-order chi connectivity index (χ1) is 11.0. The molecule has 0 aliphatic rings. The lowest BCUT2D eigenvalue weighted by atomic mass is 10.1. The number of methoxy groups -OCH3 is 1. The van der Waals surface area contributed by atoms with Crippen LogP contribution < -0.4 is 9.47 Å². The van der Waals surface area contributed by atoms with Crippen LogP contribution in [-0.2, 0) is 0 Å². The number of aromatic nitrogens is 1. The van der Waals surface area contributed by atoms with Gasteiger partial charge in [-0.15, -0.1) is 0 Å². The average Bonchev–Trinajstić information content (AvgIpc) is 2.55. The van der Waals surface area contributed by atoms with Crippen LogP contribution in [0, 0.1) is 0 Å². The van der Waals surface area contributed by atoms with E-state index in [1.165, 1.54) is 12.3 Å². The van der Waals surface area contributed by atoms with Gasteiger partial charge in [-0.2, -0.15) is 0 Å². The Morgan fingerprint density at radius 1 is 1.35 bits per heavy atom. The number of nitrogens with zero attached hydrogens (tertiary/aromatic N) is 1. The van der Waals surface area contributed by atoms with E-state index in [2.05, 4.69) is 4.98 Å². The van der Waals surface area contributed by atoms with Gasteiger partial charge in [-0.3, -0.25) is 9.78 Å². The van der Waals surface area contributed by atoms with E-state index in [0.717, 1.165) is 5.56 Å². The number of carbonyl (C=O) groups excluding carboxylic acids is 1. The van der Waals surface area contributed by atoms with Crippen LogP contribution >= 0.6 is 11.6 Å². The summed E-state index contributed by atoms with van der Waals surface area (Å²) in [6.07, 6.45) is 6.29. The van der Waals surface area contributed by atoms with E-state index in [4.69, 9.17) is 21.1 Å². The van der Waals surface area contributed by atoms with Crippen molar-refractivity contribution in [2.24, 2.45) is 0 Å². The third-order valence-corrected chi connectivity index (χ3v) is 3.26. The maximum Gasteiger partial charge on any atom is 0.187 e. The molecule has 0 radical (unpaired) electrons. The Morgan fingerprint density at radius 2 is 2.13 bits per heavy atom. The van der Waals surface area contributed by atoms with E-state index in [1.54, 1.807) is 43.6 Å². The molecule has 0 unspecified atom stereocenters. The van der Waals surface area contributed by atoms with E-state index in [0.29, 0.717) is 22.1 Å². The summed E-state index contributed by atoms with van der Waals surface area (Å²) in [5.41, 5.74) is 1.28. The fraction of sp³-hybridized carbons (Fsp3) is 0.222. The second-order valence-corrected chi connectivity index (χ2v) is 5.55. The summed E-state index contributed by atoms with van der Waals surface area (Å²) in [6, 6.07) is 6.94. The molecular formula is C18H18ClNO3. The normalized spacial score (nSPS) is 11.0. The summed E-state index contributed by atoms with van der Waals surface area (Å²) in [7, 11) is 1.55. The lowest BCUT2D eigenvalue weighted by Crippen LogP contribution is -2.07. The fourth-order valence-corrected chi connectivity index (χ4v) is 2.23. The van der Waals surface area contributed by atoms with Gasteiger partial charge in [0.2, 0.25) is 0 Å². The topological polar surface area (TPSA) is 48.4 Å². The fourth-order valence-electron chi connectivity index (χ4n) is 1.96. The van der Waals surface area contributed by atoms with Crippen LogP contribution in [-0.4, -0.2) is 24.0 Å². The Bertz CT molecular complexity index is 712. The average molecular weight is 332 g/mol. The van der Waals surface area contributed by atoms with Gasteiger partial charge in [-0.25, -0.2) is 0 Å². The summed E-state index contributed by atoms with van der Waals surface area (Å²) in [5.74, 6) is 0.898. The summed E-state index contributed by atoms with van der Waals surface area (Å²) in [4.78, 5) is 16.0. The number of rotatable bonds is 6. The Kier molecular flexibility index (Phi) is 5.77. The lowest BCUT2D eigenvalue weighted by molar-refractivity contribution is 0.104. The highest BCUT2D eigenvalue weighted by Crippen LogP contribution is 2.37. The number of hydrogen-bond donors (Lipinski definition) is 0. The molecule has 0 aliphatic carbocycles. The van der Waals surface area contributed by atoms with Crippen molar-refractivity contribution in [1.82, 2.24) is 4.98 Å². The number of benzene rings is 1. The van der Waals surface area contributed by atoms with Gasteiger partial charge in [0.1, 0.15) is 0 Å². The quantitative estimate of drug-likeness (QED) is 0.580. The maximum atomic E-state index is 12.1. The zero-order valence-electron chi connectivity index (χ0n) is 13.2. The Labute approximate surface area is 140 Å². The first-order valence-electron chi connectivity index (χ1n) is 7.18. The number of carbonyl (C=O) groups is 1. The highest BCUT2D eigenvalue weighted by molar-refractivity contribution is 6.32. The van der Waals surface area contributed by atoms with Gasteiger partial charge in [-0.05, 0) is 49.8 Å². The van der Waals surface area contributed by atoms with Crippen molar-refractivity contribution in [2.75, 3.05) is 7.11 Å². The van der Waals surface area contributed by atoms with Crippen LogP contribution in [0.4, 0.5) is 0 Å². The van der Waals surface area contributed by atoms with Gasteiger partial charge in [0, 0.05) is 18.0 Å². The van der Waals surface area contributed by atoms with E-state index < -0.39 is 0 Å². The molecule has 0 bridgehead atoms. The summed E-state index contributed by atoms with van der Waals surface area (Å²) in [5, 5.41) is 0.437. The van der Waals surface area contributed by atoms with Crippen LogP contribution in [0.1, 0.15) is 29.8 Å². The molecule has 0 saturated carbocycles. The first kappa shape index (κ1) is 17.0. The van der Waals surface area contributed by atoms with E-state index >= 15 is 0 Å². The molecule has 1 aromatic heterocycles. The molecule has 0 amide bonds. The number of halogens is 1. The number of hydrogen-bond acceptors (Lipinski definition) is 4. The zero-order valence-corrected chi connectivity index (χ0v) is 14.0. The Balaban J connectivity index is 2.25. The van der Waals surface area contributed by atoms with Crippen LogP contribution in [0.25, 0.3) is 6.08 Å². The second-order valence-electron chi connectivity index (χ2n) is 5.14. The molecule has 1 aromatic carbocycles. The van der Waals surface area contributed by atoms with Crippen molar-refractivity contribution in [3.8, 4) is 11.5 Å². The predicted octanol–water partition coefficient (Wildman–Crippen LogP) is 4.43. The summed E-state index contributed by atoms with van der Waals surface area (Å²) in [6.45, 7) is 3.83. The zero-order chi connectivity index (χ0) is 16.8. The molecule has 0 saturated heterocycles. The lowest BCUT2D eigenvalue weighted by Gasteiger charge is -2.15. The number of ether oxygens (including phenoxy) is 2. The number of pyridine rings is 1. The minimum atomic E-state index is -0.129. The highest BCUT2D eigenvalue weighted by Gasteiger charge is 2.12. The summed E-state index contributed by atoms with van der Waals surface area (Å²) >= 11 is 6.26. The third kappa shape index (κ3) is 4.57. The van der Waals surface area contributed by atoms with Crippen molar-refractivity contribution < 1.29 is 14.3 Å². The largest absolute Gasteiger partial charge is 0.493 e. The monoisotopic (exact) mass is 331 g/mol. The van der Waals surface area contributed by atoms with E-state index in [1.807, 2.05) is 13.8 Å². The van der Waals surface area contributed by atoms with Crippen LogP contribution in [0.5, 0.6) is 11.5 Å². The highest BCUT2D eigenvalue weighted by atomic mass is 35.5. The molecule has 2 aromatic rings. The van der Waals surface area contributed by atoms with Crippen LogP contribution in [0.15, 0.2) is 42.7 Å². The van der Waals surface area contributed by atoms with Crippen LogP contribution in [0.2, 0.25) is 5.02 Å². The molecule has 0 fully saturated rings. The van der Waals surface area contributed by atoms with Gasteiger partial charge < -0.3 is 9.47 Å². The van der Waals surface area contributed by atoms with Crippen LogP contribution in [0.3, 0.4) is 0 Å². The molecule has 1 heterocycles. The number of ketones is 1. The van der Waals surface area contributed by atoms with Gasteiger partial charge in [0.05, 0.1) is 18.2 Å². The smallest absolute Gasteiger partial charge is 0.187 e. The van der Waals surface area contributed by atoms with E-state index in [-0.39, 0.29) is 11.9 Å². The predicted molar refractivity (Wildman–Crippen MR) is 91.4 cm³/mol. The van der Waals surface area contributed by atoms with Gasteiger partial charge in [-0.1, -0.05) is 17.7 Å². The molecule has 0 spiro atoms. The van der Waals surface area contributed by atoms with Gasteiger partial charge in [0.15, 0.2) is 17.3 Å². The SMILES string of the molecule is COc1cc(/C=C/C(=O)c2cccnc2)cc(Cl)c1OC(C)C. The molecule has 23 heavy (non-hydrogen) atoms. The number of allylic oxidation sites excluding steroid dienone is 1. The van der Waals surface area contributed by atoms with Crippen molar-refractivity contribution in [1.29, 1.82) is 0 Å². The molecule has 0 aliphatic heterocycles. The van der Waals surface area contributed by atoms with Crippen molar-refractivity contribution in [3.05, 3.63) is 58.9 Å². The van der Waals surface area contributed by atoms with Crippen molar-refractivity contribution >= 4 is 23.5 Å². The molecule has 5 heteroatoms. The minimum absolute atomic E-state index is 0.0186. The minimum Gasteiger partial charge on any atom is -0.493 e. The third-order valence-electron chi connectivity index (χ3n) is 2.98. The second kappa shape index (κ2) is 7.79. The molecule has 120 valence electrons. The molecular weight excluding hydrogens is 314 g/mol. The van der Waals surface area contributed by atoms with E-state index in [9.17, 15) is 4.79 Å². The standard InChI is InChI=1S/C18H18ClNO3/c1-12(2)23-18-15(19)9-13(10-17(18)22-3)6-7-16(21)14-5-4-8-20-11-14/h4-12H,1-3H3/b7-6+. The maximum absolute atomic E-state index is 12.1. The Morgan fingerprint density at radius 3 is 2.74 bits per heavy atom. The molecule has 0 atom stereocenters. The van der Waals surface area contributed by atoms with Crippen molar-refractivity contribution in [2.45, 2.75) is 20.0 Å².